The third-order valence-electron chi connectivity index (χ3n) is 6.48. The fraction of sp³-hybridized carbons (Fsp3) is 0.680. The van der Waals surface area contributed by atoms with Gasteiger partial charge in [-0.05, 0) is 27.2 Å². The molecule has 1 saturated heterocycles. The summed E-state index contributed by atoms with van der Waals surface area (Å²) < 4.78 is 12.3. The van der Waals surface area contributed by atoms with E-state index in [9.17, 15) is 9.59 Å². The zero-order valence-corrected chi connectivity index (χ0v) is 23.1. The average molecular weight is 622 g/mol. The molecule has 1 saturated carbocycles. The molecule has 1 aliphatic carbocycles. The van der Waals surface area contributed by atoms with E-state index in [2.05, 4.69) is 24.3 Å². The summed E-state index contributed by atoms with van der Waals surface area (Å²) in [7, 11) is 0. The topological polar surface area (TPSA) is 55.8 Å². The number of amides is 1. The van der Waals surface area contributed by atoms with Gasteiger partial charge in [0, 0.05) is 13.0 Å². The number of nitrogens with zero attached hydrogens (tertiary/aromatic N) is 1. The Labute approximate surface area is 202 Å². The van der Waals surface area contributed by atoms with Crippen LogP contribution >= 0.6 is 0 Å². The SMILES string of the molecule is CC(C)(C)OC(=O)N1CCCC(=O)C1CCC1CCC(c2ccccc2O[CH2][Pb])CC1. The Balaban J connectivity index is 1.54. The van der Waals surface area contributed by atoms with Crippen LogP contribution in [0, 0.1) is 5.92 Å². The second kappa shape index (κ2) is 11.1. The maximum atomic E-state index is 12.6. The van der Waals surface area contributed by atoms with E-state index in [0.717, 1.165) is 54.9 Å². The summed E-state index contributed by atoms with van der Waals surface area (Å²) >= 11 is 1.04. The summed E-state index contributed by atoms with van der Waals surface area (Å²) in [6.45, 7) is 6.23. The van der Waals surface area contributed by atoms with Crippen molar-refractivity contribution in [1.82, 2.24) is 4.90 Å². The van der Waals surface area contributed by atoms with Gasteiger partial charge in [-0.15, -0.1) is 0 Å². The number of benzene rings is 1. The summed E-state index contributed by atoms with van der Waals surface area (Å²) in [6, 6.07) is 8.17. The van der Waals surface area contributed by atoms with Crippen molar-refractivity contribution in [3.8, 4) is 5.75 Å². The van der Waals surface area contributed by atoms with Gasteiger partial charge in [-0.1, -0.05) is 0 Å². The molecule has 1 aromatic carbocycles. The molecule has 2 fully saturated rings. The van der Waals surface area contributed by atoms with Gasteiger partial charge >= 0.3 is 143 Å². The van der Waals surface area contributed by atoms with E-state index >= 15 is 0 Å². The van der Waals surface area contributed by atoms with E-state index in [0.29, 0.717) is 24.8 Å². The number of Topliss-reactive ketones (excluding diaryl/α,β-unsaturated/α-hetero) is 1. The minimum atomic E-state index is -0.541. The Morgan fingerprint density at radius 3 is 2.52 bits per heavy atom. The fourth-order valence-electron chi connectivity index (χ4n) is 4.96. The fourth-order valence-corrected chi connectivity index (χ4v) is 5.56. The molecule has 0 bridgehead atoms. The molecular formula is C25H36NO4Pb. The molecule has 3 rings (SSSR count). The first-order valence-electron chi connectivity index (χ1n) is 11.7. The van der Waals surface area contributed by atoms with E-state index in [4.69, 9.17) is 9.47 Å². The van der Waals surface area contributed by atoms with Crippen LogP contribution in [-0.4, -0.2) is 64.9 Å². The normalized spacial score (nSPS) is 24.7. The summed E-state index contributed by atoms with van der Waals surface area (Å²) in [5, 5.41) is 0. The molecule has 1 heterocycles. The van der Waals surface area contributed by atoms with E-state index in [-0.39, 0.29) is 17.9 Å². The maximum absolute atomic E-state index is 12.6. The predicted molar refractivity (Wildman–Crippen MR) is 123 cm³/mol. The van der Waals surface area contributed by atoms with Gasteiger partial charge in [0.05, 0.1) is 0 Å². The summed E-state index contributed by atoms with van der Waals surface area (Å²) in [5.41, 5.74) is 0.816. The van der Waals surface area contributed by atoms with Crippen molar-refractivity contribution in [3.63, 3.8) is 0 Å². The number of likely N-dealkylation sites (tertiary alicyclic amines) is 1. The standard InChI is InChI=1S/C25H36NO4.Pb/c1-25(2,3)30-24(28)26-17-7-9-22(27)21(26)16-13-18-11-14-19(15-12-18)20-8-5-6-10-23(20)29-4;/h5-6,8,10,18-19,21H,4,7,9,11-17H2,1-3H3;. The van der Waals surface area contributed by atoms with E-state index in [1.165, 1.54) is 31.2 Å². The van der Waals surface area contributed by atoms with Crippen LogP contribution in [0.4, 0.5) is 4.79 Å². The number of carbonyl (C=O) groups excluding carboxylic acids is 2. The second-order valence-corrected chi connectivity index (χ2v) is 11.0. The molecule has 31 heavy (non-hydrogen) atoms. The van der Waals surface area contributed by atoms with Gasteiger partial charge in [-0.25, -0.2) is 4.79 Å². The Morgan fingerprint density at radius 2 is 1.84 bits per heavy atom. The quantitative estimate of drug-likeness (QED) is 0.410. The van der Waals surface area contributed by atoms with Crippen LogP contribution in [0.15, 0.2) is 24.3 Å². The number of carbonyl (C=O) groups is 2. The molecule has 1 amide bonds. The van der Waals surface area contributed by atoms with Crippen LogP contribution in [0.3, 0.4) is 0 Å². The van der Waals surface area contributed by atoms with Crippen molar-refractivity contribution in [3.05, 3.63) is 29.8 Å². The van der Waals surface area contributed by atoms with Gasteiger partial charge in [0.2, 0.25) is 0 Å². The Morgan fingerprint density at radius 1 is 1.13 bits per heavy atom. The first-order valence-corrected chi connectivity index (χ1v) is 14.4. The van der Waals surface area contributed by atoms with Gasteiger partial charge in [-0.3, -0.25) is 4.79 Å². The minimum absolute atomic E-state index is 0.194. The second-order valence-electron chi connectivity index (χ2n) is 9.88. The van der Waals surface area contributed by atoms with Gasteiger partial charge in [0.15, 0.2) is 0 Å². The molecule has 2 aliphatic rings. The number of piperidine rings is 1. The molecule has 1 aromatic rings. The molecule has 3 radical (unpaired) electrons. The van der Waals surface area contributed by atoms with Gasteiger partial charge in [-0.2, -0.15) is 0 Å². The van der Waals surface area contributed by atoms with Crippen molar-refractivity contribution in [1.29, 1.82) is 0 Å². The van der Waals surface area contributed by atoms with Crippen LogP contribution < -0.4 is 4.74 Å². The first kappa shape index (κ1) is 24.5. The van der Waals surface area contributed by atoms with E-state index < -0.39 is 5.60 Å². The predicted octanol–water partition coefficient (Wildman–Crippen LogP) is 5.21. The van der Waals surface area contributed by atoms with E-state index in [1.54, 1.807) is 4.90 Å². The Hall–Kier alpha value is -1.12. The Bertz CT molecular complexity index is 752. The van der Waals surface area contributed by atoms with Crippen LogP contribution in [0.2, 0.25) is 0 Å². The number of hydrogen-bond acceptors (Lipinski definition) is 4. The van der Waals surface area contributed by atoms with Crippen molar-refractivity contribution < 1.29 is 19.1 Å². The number of ether oxygens (including phenoxy) is 2. The molecule has 0 N–H and O–H groups in total. The summed E-state index contributed by atoms with van der Waals surface area (Å²) in [4.78, 5) is 27.0. The van der Waals surface area contributed by atoms with Crippen molar-refractivity contribution >= 4 is 37.6 Å². The molecule has 1 atom stereocenters. The average Bonchev–Trinajstić information content (AvgIpc) is 2.72. The first-order chi connectivity index (χ1) is 14.8. The number of hydrogen-bond donors (Lipinski definition) is 0. The van der Waals surface area contributed by atoms with Crippen molar-refractivity contribution in [2.75, 3.05) is 10.7 Å². The van der Waals surface area contributed by atoms with Gasteiger partial charge in [0.1, 0.15) is 5.60 Å². The Kier molecular flexibility index (Phi) is 8.82. The van der Waals surface area contributed by atoms with Crippen LogP contribution in [0.5, 0.6) is 5.75 Å². The molecule has 5 nitrogen and oxygen atoms in total. The number of para-hydroxylation sites is 1. The summed E-state index contributed by atoms with van der Waals surface area (Å²) in [6.07, 6.45) is 7.41. The summed E-state index contributed by atoms with van der Waals surface area (Å²) in [5.74, 6) is 2.44. The molecule has 6 heteroatoms. The van der Waals surface area contributed by atoms with Crippen molar-refractivity contribution in [2.24, 2.45) is 5.92 Å². The molecular weight excluding hydrogens is 585 g/mol. The third kappa shape index (κ3) is 6.93. The zero-order valence-electron chi connectivity index (χ0n) is 19.2. The number of rotatable bonds is 6. The van der Waals surface area contributed by atoms with Crippen LogP contribution in [0.1, 0.15) is 83.6 Å². The molecule has 1 unspecified atom stereocenters. The van der Waals surface area contributed by atoms with Crippen molar-refractivity contribution in [2.45, 2.75) is 89.7 Å². The molecule has 1 aliphatic heterocycles. The number of ketones is 1. The monoisotopic (exact) mass is 622 g/mol. The van der Waals surface area contributed by atoms with Crippen LogP contribution in [-0.2, 0) is 9.53 Å². The molecule has 0 spiro atoms. The van der Waals surface area contributed by atoms with Crippen LogP contribution in [0.25, 0.3) is 0 Å². The van der Waals surface area contributed by atoms with Gasteiger partial charge < -0.3 is 4.74 Å². The van der Waals surface area contributed by atoms with E-state index in [1.807, 2.05) is 20.8 Å². The van der Waals surface area contributed by atoms with Gasteiger partial charge in [0.25, 0.3) is 0 Å². The molecule has 169 valence electrons. The molecule has 0 aromatic heterocycles. The third-order valence-corrected chi connectivity index (χ3v) is 7.04. The zero-order chi connectivity index (χ0) is 22.4.